The van der Waals surface area contributed by atoms with Gasteiger partial charge in [0.05, 0.1) is 12.8 Å². The Kier molecular flexibility index (Phi) is 7.65. The molecule has 21 heavy (non-hydrogen) atoms. The van der Waals surface area contributed by atoms with E-state index in [1.165, 1.54) is 6.92 Å². The fourth-order valence-corrected chi connectivity index (χ4v) is 2.34. The third-order valence-corrected chi connectivity index (χ3v) is 3.41. The van der Waals surface area contributed by atoms with Crippen LogP contribution in [0.15, 0.2) is 18.2 Å². The number of methoxy groups -OCH3 is 1. The number of anilines is 2. The number of benzene rings is 1. The SMILES string of the molecule is CCCCN(CCCC)c1c(NC(C)=O)cccc1OC. The lowest BCUT2D eigenvalue weighted by Crippen LogP contribution is -2.27. The van der Waals surface area contributed by atoms with Crippen molar-refractivity contribution in [3.05, 3.63) is 18.2 Å². The molecule has 0 aliphatic rings. The van der Waals surface area contributed by atoms with Crippen molar-refractivity contribution in [2.45, 2.75) is 46.5 Å². The van der Waals surface area contributed by atoms with E-state index < -0.39 is 0 Å². The van der Waals surface area contributed by atoms with Gasteiger partial charge in [0, 0.05) is 20.0 Å². The number of unbranched alkanes of at least 4 members (excludes halogenated alkanes) is 2. The second-order valence-corrected chi connectivity index (χ2v) is 5.23. The van der Waals surface area contributed by atoms with Crippen LogP contribution in [-0.2, 0) is 4.79 Å². The molecule has 0 fully saturated rings. The van der Waals surface area contributed by atoms with Crippen molar-refractivity contribution >= 4 is 17.3 Å². The molecule has 1 N–H and O–H groups in total. The van der Waals surface area contributed by atoms with Gasteiger partial charge in [0.2, 0.25) is 5.91 Å². The van der Waals surface area contributed by atoms with Crippen LogP contribution in [0, 0.1) is 0 Å². The number of rotatable bonds is 9. The first-order valence-corrected chi connectivity index (χ1v) is 7.83. The maximum atomic E-state index is 11.4. The largest absolute Gasteiger partial charge is 0.495 e. The molecule has 0 bridgehead atoms. The summed E-state index contributed by atoms with van der Waals surface area (Å²) < 4.78 is 5.52. The van der Waals surface area contributed by atoms with Crippen molar-refractivity contribution in [1.29, 1.82) is 0 Å². The summed E-state index contributed by atoms with van der Waals surface area (Å²) in [6, 6.07) is 5.79. The summed E-state index contributed by atoms with van der Waals surface area (Å²) >= 11 is 0. The molecule has 0 saturated carbocycles. The van der Waals surface area contributed by atoms with Gasteiger partial charge in [0.25, 0.3) is 0 Å². The van der Waals surface area contributed by atoms with Crippen LogP contribution < -0.4 is 15.0 Å². The van der Waals surface area contributed by atoms with Gasteiger partial charge in [0.15, 0.2) is 0 Å². The van der Waals surface area contributed by atoms with E-state index in [0.717, 1.165) is 55.9 Å². The van der Waals surface area contributed by atoms with E-state index in [1.807, 2.05) is 18.2 Å². The smallest absolute Gasteiger partial charge is 0.221 e. The molecule has 1 aromatic rings. The van der Waals surface area contributed by atoms with E-state index in [0.29, 0.717) is 0 Å². The zero-order valence-electron chi connectivity index (χ0n) is 13.7. The number of amides is 1. The monoisotopic (exact) mass is 292 g/mol. The van der Waals surface area contributed by atoms with E-state index in [2.05, 4.69) is 24.1 Å². The number of hydrogen-bond acceptors (Lipinski definition) is 3. The van der Waals surface area contributed by atoms with Crippen LogP contribution in [0.5, 0.6) is 5.75 Å². The van der Waals surface area contributed by atoms with Crippen LogP contribution >= 0.6 is 0 Å². The number of carbonyl (C=O) groups excluding carboxylic acids is 1. The number of para-hydroxylation sites is 1. The summed E-state index contributed by atoms with van der Waals surface area (Å²) in [5.41, 5.74) is 1.83. The molecule has 0 aromatic heterocycles. The van der Waals surface area contributed by atoms with Gasteiger partial charge in [-0.3, -0.25) is 4.79 Å². The van der Waals surface area contributed by atoms with Gasteiger partial charge in [-0.1, -0.05) is 32.8 Å². The average molecular weight is 292 g/mol. The molecule has 4 heteroatoms. The topological polar surface area (TPSA) is 41.6 Å². The molecule has 0 heterocycles. The van der Waals surface area contributed by atoms with Crippen LogP contribution in [0.2, 0.25) is 0 Å². The van der Waals surface area contributed by atoms with Gasteiger partial charge < -0.3 is 15.0 Å². The molecule has 0 unspecified atom stereocenters. The highest BCUT2D eigenvalue weighted by molar-refractivity contribution is 5.94. The zero-order chi connectivity index (χ0) is 15.7. The highest BCUT2D eigenvalue weighted by Crippen LogP contribution is 2.36. The van der Waals surface area contributed by atoms with Crippen molar-refractivity contribution in [1.82, 2.24) is 0 Å². The quantitative estimate of drug-likeness (QED) is 0.746. The second-order valence-electron chi connectivity index (χ2n) is 5.23. The van der Waals surface area contributed by atoms with Crippen molar-refractivity contribution in [2.75, 3.05) is 30.4 Å². The molecule has 0 aliphatic carbocycles. The first-order chi connectivity index (χ1) is 10.1. The Hall–Kier alpha value is -1.71. The van der Waals surface area contributed by atoms with Crippen LogP contribution in [0.3, 0.4) is 0 Å². The maximum absolute atomic E-state index is 11.4. The average Bonchev–Trinajstić information content (AvgIpc) is 2.47. The van der Waals surface area contributed by atoms with Crippen LogP contribution in [0.4, 0.5) is 11.4 Å². The van der Waals surface area contributed by atoms with Crippen molar-refractivity contribution in [3.63, 3.8) is 0 Å². The highest BCUT2D eigenvalue weighted by Gasteiger charge is 2.16. The van der Waals surface area contributed by atoms with Gasteiger partial charge in [-0.05, 0) is 25.0 Å². The van der Waals surface area contributed by atoms with Gasteiger partial charge >= 0.3 is 0 Å². The summed E-state index contributed by atoms with van der Waals surface area (Å²) in [7, 11) is 1.67. The summed E-state index contributed by atoms with van der Waals surface area (Å²) in [5.74, 6) is 0.754. The van der Waals surface area contributed by atoms with Crippen LogP contribution in [0.25, 0.3) is 0 Å². The van der Waals surface area contributed by atoms with Gasteiger partial charge in [0.1, 0.15) is 11.4 Å². The van der Waals surface area contributed by atoms with Crippen LogP contribution in [-0.4, -0.2) is 26.1 Å². The van der Waals surface area contributed by atoms with E-state index in [9.17, 15) is 4.79 Å². The lowest BCUT2D eigenvalue weighted by molar-refractivity contribution is -0.114. The fourth-order valence-electron chi connectivity index (χ4n) is 2.34. The molecule has 1 rings (SSSR count). The molecule has 0 aliphatic heterocycles. The van der Waals surface area contributed by atoms with E-state index in [1.54, 1.807) is 7.11 Å². The third kappa shape index (κ3) is 5.29. The number of ether oxygens (including phenoxy) is 1. The molecule has 1 aromatic carbocycles. The van der Waals surface area contributed by atoms with Gasteiger partial charge in [-0.2, -0.15) is 0 Å². The first-order valence-electron chi connectivity index (χ1n) is 7.83. The van der Waals surface area contributed by atoms with E-state index in [4.69, 9.17) is 4.74 Å². The molecule has 0 radical (unpaired) electrons. The Morgan fingerprint density at radius 3 is 2.29 bits per heavy atom. The minimum atomic E-state index is -0.0598. The zero-order valence-corrected chi connectivity index (χ0v) is 13.7. The first kappa shape index (κ1) is 17.3. The third-order valence-electron chi connectivity index (χ3n) is 3.41. The maximum Gasteiger partial charge on any atom is 0.221 e. The lowest BCUT2D eigenvalue weighted by Gasteiger charge is -2.28. The lowest BCUT2D eigenvalue weighted by atomic mass is 10.1. The number of hydrogen-bond donors (Lipinski definition) is 1. The molecular weight excluding hydrogens is 264 g/mol. The molecule has 1 amide bonds. The van der Waals surface area contributed by atoms with E-state index >= 15 is 0 Å². The standard InChI is InChI=1S/C17H28N2O2/c1-5-7-12-19(13-8-6-2)17-15(18-14(3)20)10-9-11-16(17)21-4/h9-11H,5-8,12-13H2,1-4H3,(H,18,20). The minimum absolute atomic E-state index is 0.0598. The van der Waals surface area contributed by atoms with Gasteiger partial charge in [-0.25, -0.2) is 0 Å². The molecule has 0 atom stereocenters. The summed E-state index contributed by atoms with van der Waals surface area (Å²) in [6.07, 6.45) is 4.54. The summed E-state index contributed by atoms with van der Waals surface area (Å²) in [5, 5.41) is 2.92. The molecular formula is C17H28N2O2. The van der Waals surface area contributed by atoms with Crippen LogP contribution in [0.1, 0.15) is 46.5 Å². The highest BCUT2D eigenvalue weighted by atomic mass is 16.5. The fraction of sp³-hybridized carbons (Fsp3) is 0.588. The molecule has 0 saturated heterocycles. The minimum Gasteiger partial charge on any atom is -0.495 e. The van der Waals surface area contributed by atoms with E-state index in [-0.39, 0.29) is 5.91 Å². The number of nitrogens with zero attached hydrogens (tertiary/aromatic N) is 1. The molecule has 4 nitrogen and oxygen atoms in total. The van der Waals surface area contributed by atoms with Crippen molar-refractivity contribution in [3.8, 4) is 5.75 Å². The van der Waals surface area contributed by atoms with Gasteiger partial charge in [-0.15, -0.1) is 0 Å². The second kappa shape index (κ2) is 9.27. The predicted molar refractivity (Wildman–Crippen MR) is 89.3 cm³/mol. The summed E-state index contributed by atoms with van der Waals surface area (Å²) in [6.45, 7) is 7.86. The Morgan fingerprint density at radius 2 is 1.81 bits per heavy atom. The van der Waals surface area contributed by atoms with Crippen molar-refractivity contribution in [2.24, 2.45) is 0 Å². The Balaban J connectivity index is 3.14. The number of nitrogens with one attached hydrogen (secondary N) is 1. The Bertz CT molecular complexity index is 438. The molecule has 118 valence electrons. The normalized spacial score (nSPS) is 10.3. The van der Waals surface area contributed by atoms with Crippen molar-refractivity contribution < 1.29 is 9.53 Å². The Labute approximate surface area is 128 Å². The predicted octanol–water partition coefficient (Wildman–Crippen LogP) is 4.06. The molecule has 0 spiro atoms. The summed E-state index contributed by atoms with van der Waals surface area (Å²) in [4.78, 5) is 13.8. The number of carbonyl (C=O) groups is 1. The Morgan fingerprint density at radius 1 is 1.19 bits per heavy atom.